The van der Waals surface area contributed by atoms with Crippen LogP contribution in [0, 0.1) is 6.92 Å². The maximum atomic E-state index is 5.50. The van der Waals surface area contributed by atoms with Crippen molar-refractivity contribution in [3.63, 3.8) is 0 Å². The first kappa shape index (κ1) is 11.7. The molecule has 0 fully saturated rings. The molecule has 0 aliphatic carbocycles. The highest BCUT2D eigenvalue weighted by Crippen LogP contribution is 2.25. The van der Waals surface area contributed by atoms with E-state index in [1.807, 2.05) is 13.1 Å². The molecule has 2 heterocycles. The van der Waals surface area contributed by atoms with E-state index in [0.717, 1.165) is 36.9 Å². The zero-order valence-corrected chi connectivity index (χ0v) is 11.2. The minimum atomic E-state index is 0.826. The SMILES string of the molecule is Cc1ncc(CNCc2ccc3c(c2)CCO3)s1. The van der Waals surface area contributed by atoms with Crippen molar-refractivity contribution < 1.29 is 4.74 Å². The number of aryl methyl sites for hydroxylation is 1. The molecule has 0 saturated carbocycles. The van der Waals surface area contributed by atoms with Gasteiger partial charge in [-0.15, -0.1) is 11.3 Å². The van der Waals surface area contributed by atoms with E-state index in [4.69, 9.17) is 4.74 Å². The van der Waals surface area contributed by atoms with Gasteiger partial charge in [0.2, 0.25) is 0 Å². The van der Waals surface area contributed by atoms with Gasteiger partial charge in [0, 0.05) is 30.6 Å². The quantitative estimate of drug-likeness (QED) is 0.917. The number of thiazole rings is 1. The first-order valence-electron chi connectivity index (χ1n) is 6.18. The lowest BCUT2D eigenvalue weighted by molar-refractivity contribution is 0.357. The molecule has 94 valence electrons. The summed E-state index contributed by atoms with van der Waals surface area (Å²) in [5.74, 6) is 1.05. The number of fused-ring (bicyclic) bond motifs is 1. The molecule has 0 radical (unpaired) electrons. The summed E-state index contributed by atoms with van der Waals surface area (Å²) in [6.45, 7) is 4.64. The number of nitrogens with one attached hydrogen (secondary N) is 1. The first-order chi connectivity index (χ1) is 8.81. The van der Waals surface area contributed by atoms with Gasteiger partial charge in [-0.3, -0.25) is 0 Å². The van der Waals surface area contributed by atoms with Crippen LogP contribution in [0.25, 0.3) is 0 Å². The van der Waals surface area contributed by atoms with Crippen molar-refractivity contribution in [1.82, 2.24) is 10.3 Å². The topological polar surface area (TPSA) is 34.2 Å². The molecule has 0 spiro atoms. The Morgan fingerprint density at radius 3 is 3.17 bits per heavy atom. The van der Waals surface area contributed by atoms with E-state index in [0.29, 0.717) is 0 Å². The lowest BCUT2D eigenvalue weighted by Gasteiger charge is -2.05. The second kappa shape index (κ2) is 5.08. The minimum absolute atomic E-state index is 0.826. The summed E-state index contributed by atoms with van der Waals surface area (Å²) in [6.07, 6.45) is 2.99. The molecular weight excluding hydrogens is 244 g/mol. The Labute approximate surface area is 111 Å². The normalized spacial score (nSPS) is 13.4. The molecule has 18 heavy (non-hydrogen) atoms. The third-order valence-electron chi connectivity index (χ3n) is 3.05. The van der Waals surface area contributed by atoms with Gasteiger partial charge >= 0.3 is 0 Å². The van der Waals surface area contributed by atoms with Crippen molar-refractivity contribution in [2.45, 2.75) is 26.4 Å². The molecule has 1 aliphatic heterocycles. The van der Waals surface area contributed by atoms with Crippen LogP contribution in [-0.4, -0.2) is 11.6 Å². The van der Waals surface area contributed by atoms with Crippen LogP contribution in [0.1, 0.15) is 21.0 Å². The molecule has 3 nitrogen and oxygen atoms in total. The van der Waals surface area contributed by atoms with Crippen LogP contribution in [0.2, 0.25) is 0 Å². The van der Waals surface area contributed by atoms with Crippen LogP contribution in [0.5, 0.6) is 5.75 Å². The van der Waals surface area contributed by atoms with Crippen molar-refractivity contribution in [3.05, 3.63) is 45.4 Å². The lowest BCUT2D eigenvalue weighted by atomic mass is 10.1. The molecule has 3 rings (SSSR count). The average Bonchev–Trinajstić information content (AvgIpc) is 2.97. The second-order valence-electron chi connectivity index (χ2n) is 4.49. The van der Waals surface area contributed by atoms with Gasteiger partial charge in [-0.1, -0.05) is 12.1 Å². The molecule has 0 unspecified atom stereocenters. The number of benzene rings is 1. The van der Waals surface area contributed by atoms with E-state index in [2.05, 4.69) is 28.5 Å². The largest absolute Gasteiger partial charge is 0.493 e. The minimum Gasteiger partial charge on any atom is -0.493 e. The number of hydrogen-bond acceptors (Lipinski definition) is 4. The summed E-state index contributed by atoms with van der Waals surface area (Å²) in [5, 5.41) is 4.58. The lowest BCUT2D eigenvalue weighted by Crippen LogP contribution is -2.11. The predicted molar refractivity (Wildman–Crippen MR) is 73.0 cm³/mol. The fraction of sp³-hybridized carbons (Fsp3) is 0.357. The highest BCUT2D eigenvalue weighted by atomic mass is 32.1. The summed E-state index contributed by atoms with van der Waals surface area (Å²) in [5.41, 5.74) is 2.66. The fourth-order valence-corrected chi connectivity index (χ4v) is 2.93. The monoisotopic (exact) mass is 260 g/mol. The maximum absolute atomic E-state index is 5.50. The summed E-state index contributed by atoms with van der Waals surface area (Å²) in [7, 11) is 0. The fourth-order valence-electron chi connectivity index (χ4n) is 2.17. The first-order valence-corrected chi connectivity index (χ1v) is 6.99. The number of aromatic nitrogens is 1. The van der Waals surface area contributed by atoms with Crippen LogP contribution in [0.3, 0.4) is 0 Å². The molecule has 0 saturated heterocycles. The van der Waals surface area contributed by atoms with E-state index in [-0.39, 0.29) is 0 Å². The molecule has 0 bridgehead atoms. The van der Waals surface area contributed by atoms with Gasteiger partial charge in [-0.2, -0.15) is 0 Å². The molecule has 0 atom stereocenters. The van der Waals surface area contributed by atoms with Crippen molar-refractivity contribution >= 4 is 11.3 Å². The van der Waals surface area contributed by atoms with Crippen LogP contribution in [-0.2, 0) is 19.5 Å². The van der Waals surface area contributed by atoms with Crippen LogP contribution >= 0.6 is 11.3 Å². The van der Waals surface area contributed by atoms with Crippen molar-refractivity contribution in [2.75, 3.05) is 6.61 Å². The summed E-state index contributed by atoms with van der Waals surface area (Å²) in [4.78, 5) is 5.54. The van der Waals surface area contributed by atoms with Crippen molar-refractivity contribution in [1.29, 1.82) is 0 Å². The van der Waals surface area contributed by atoms with Crippen molar-refractivity contribution in [2.24, 2.45) is 0 Å². The number of nitrogens with zero attached hydrogens (tertiary/aromatic N) is 1. The highest BCUT2D eigenvalue weighted by Gasteiger charge is 2.11. The molecule has 1 aromatic carbocycles. The Bertz CT molecular complexity index is 550. The van der Waals surface area contributed by atoms with E-state index in [1.165, 1.54) is 16.0 Å². The maximum Gasteiger partial charge on any atom is 0.122 e. The zero-order valence-electron chi connectivity index (χ0n) is 10.4. The van der Waals surface area contributed by atoms with Gasteiger partial charge in [0.05, 0.1) is 11.6 Å². The van der Waals surface area contributed by atoms with Gasteiger partial charge in [0.25, 0.3) is 0 Å². The average molecular weight is 260 g/mol. The Hall–Kier alpha value is -1.39. The Morgan fingerprint density at radius 1 is 1.39 bits per heavy atom. The summed E-state index contributed by atoms with van der Waals surface area (Å²) < 4.78 is 5.50. The van der Waals surface area contributed by atoms with Gasteiger partial charge < -0.3 is 10.1 Å². The standard InChI is InChI=1S/C14H16N2OS/c1-10-16-9-13(18-10)8-15-7-11-2-3-14-12(6-11)4-5-17-14/h2-3,6,9,15H,4-5,7-8H2,1H3. The Kier molecular flexibility index (Phi) is 3.30. The van der Waals surface area contributed by atoms with E-state index in [9.17, 15) is 0 Å². The number of rotatable bonds is 4. The van der Waals surface area contributed by atoms with Crippen LogP contribution in [0.4, 0.5) is 0 Å². The second-order valence-corrected chi connectivity index (χ2v) is 5.81. The number of hydrogen-bond donors (Lipinski definition) is 1. The van der Waals surface area contributed by atoms with Gasteiger partial charge in [0.15, 0.2) is 0 Å². The third-order valence-corrected chi connectivity index (χ3v) is 3.96. The molecular formula is C14H16N2OS. The Balaban J connectivity index is 1.57. The predicted octanol–water partition coefficient (Wildman–Crippen LogP) is 2.68. The highest BCUT2D eigenvalue weighted by molar-refractivity contribution is 7.11. The number of ether oxygens (including phenoxy) is 1. The van der Waals surface area contributed by atoms with Gasteiger partial charge in [-0.25, -0.2) is 4.98 Å². The third kappa shape index (κ3) is 2.54. The molecule has 1 aliphatic rings. The van der Waals surface area contributed by atoms with E-state index in [1.54, 1.807) is 11.3 Å². The van der Waals surface area contributed by atoms with Crippen LogP contribution < -0.4 is 10.1 Å². The molecule has 4 heteroatoms. The molecule has 1 N–H and O–H groups in total. The smallest absolute Gasteiger partial charge is 0.122 e. The van der Waals surface area contributed by atoms with Gasteiger partial charge in [-0.05, 0) is 24.1 Å². The van der Waals surface area contributed by atoms with Crippen molar-refractivity contribution in [3.8, 4) is 5.75 Å². The van der Waals surface area contributed by atoms with E-state index >= 15 is 0 Å². The van der Waals surface area contributed by atoms with Gasteiger partial charge in [0.1, 0.15) is 5.75 Å². The zero-order chi connectivity index (χ0) is 12.4. The molecule has 0 amide bonds. The summed E-state index contributed by atoms with van der Waals surface area (Å²) >= 11 is 1.75. The van der Waals surface area contributed by atoms with E-state index < -0.39 is 0 Å². The summed E-state index contributed by atoms with van der Waals surface area (Å²) in [6, 6.07) is 6.46. The molecule has 2 aromatic rings. The molecule has 1 aromatic heterocycles. The Morgan fingerprint density at radius 2 is 2.33 bits per heavy atom. The van der Waals surface area contributed by atoms with Crippen LogP contribution in [0.15, 0.2) is 24.4 Å².